The average molecular weight is 356 g/mol. The van der Waals surface area contributed by atoms with Gasteiger partial charge in [-0.05, 0) is 50.6 Å². The van der Waals surface area contributed by atoms with Crippen molar-refractivity contribution in [1.29, 1.82) is 0 Å². The van der Waals surface area contributed by atoms with E-state index in [1.807, 2.05) is 6.07 Å². The molecule has 0 amide bonds. The Morgan fingerprint density at radius 3 is 2.65 bits per heavy atom. The number of rotatable bonds is 5. The molecule has 2 aromatic rings. The van der Waals surface area contributed by atoms with Crippen molar-refractivity contribution in [2.45, 2.75) is 33.2 Å². The van der Waals surface area contributed by atoms with E-state index < -0.39 is 0 Å². The first kappa shape index (κ1) is 15.7. The molecule has 108 valence electrons. The third-order valence-corrected chi connectivity index (χ3v) is 4.95. The van der Waals surface area contributed by atoms with E-state index in [9.17, 15) is 4.39 Å². The lowest BCUT2D eigenvalue weighted by molar-refractivity contribution is 0.544. The van der Waals surface area contributed by atoms with Crippen LogP contribution < -0.4 is 5.32 Å². The number of aryl methyl sites for hydroxylation is 2. The van der Waals surface area contributed by atoms with Gasteiger partial charge in [0.1, 0.15) is 5.82 Å². The first-order chi connectivity index (χ1) is 9.54. The Balaban J connectivity index is 2.50. The Morgan fingerprint density at radius 2 is 2.10 bits per heavy atom. The maximum absolute atomic E-state index is 14.3. The Labute approximate surface area is 132 Å². The summed E-state index contributed by atoms with van der Waals surface area (Å²) in [5, 5.41) is 3.47. The minimum Gasteiger partial charge on any atom is -0.306 e. The van der Waals surface area contributed by atoms with Crippen molar-refractivity contribution < 1.29 is 4.39 Å². The Bertz CT molecular complexity index is 574. The molecule has 0 radical (unpaired) electrons. The van der Waals surface area contributed by atoms with E-state index in [0.717, 1.165) is 17.4 Å². The summed E-state index contributed by atoms with van der Waals surface area (Å²) in [6.45, 7) is 7.17. The Hall–Kier alpha value is -0.710. The number of hydrogen-bond acceptors (Lipinski definition) is 2. The first-order valence-corrected chi connectivity index (χ1v) is 8.39. The Kier molecular flexibility index (Phi) is 5.35. The SMILES string of the molecule is CCCNC(c1cc(C)sc1C)c1c(F)cccc1Br. The van der Waals surface area contributed by atoms with Crippen molar-refractivity contribution in [1.82, 2.24) is 5.32 Å². The lowest BCUT2D eigenvalue weighted by Gasteiger charge is -2.21. The van der Waals surface area contributed by atoms with Gasteiger partial charge in [-0.3, -0.25) is 0 Å². The van der Waals surface area contributed by atoms with Crippen LogP contribution in [0.4, 0.5) is 4.39 Å². The van der Waals surface area contributed by atoms with Gasteiger partial charge in [0.15, 0.2) is 0 Å². The highest BCUT2D eigenvalue weighted by Crippen LogP contribution is 2.35. The fraction of sp³-hybridized carbons (Fsp3) is 0.375. The minimum absolute atomic E-state index is 0.101. The standard InChI is InChI=1S/C16H19BrFNS/c1-4-8-19-16(12-9-10(2)20-11(12)3)15-13(17)6-5-7-14(15)18/h5-7,9,16,19H,4,8H2,1-3H3. The fourth-order valence-electron chi connectivity index (χ4n) is 2.38. The number of benzene rings is 1. The number of halogens is 2. The minimum atomic E-state index is -0.170. The second-order valence-corrected chi connectivity index (χ2v) is 7.21. The predicted octanol–water partition coefficient (Wildman–Crippen LogP) is 5.36. The molecule has 1 aromatic heterocycles. The molecule has 4 heteroatoms. The molecular weight excluding hydrogens is 337 g/mol. The van der Waals surface area contributed by atoms with Gasteiger partial charge < -0.3 is 5.32 Å². The topological polar surface area (TPSA) is 12.0 Å². The van der Waals surface area contributed by atoms with Crippen LogP contribution in [0.1, 0.15) is 40.3 Å². The van der Waals surface area contributed by atoms with Crippen LogP contribution in [0.2, 0.25) is 0 Å². The molecule has 1 aromatic carbocycles. The summed E-state index contributed by atoms with van der Waals surface area (Å²) in [5.74, 6) is -0.170. The van der Waals surface area contributed by atoms with Gasteiger partial charge in [-0.1, -0.05) is 28.9 Å². The van der Waals surface area contributed by atoms with E-state index in [1.165, 1.54) is 21.4 Å². The highest BCUT2D eigenvalue weighted by molar-refractivity contribution is 9.10. The number of nitrogens with one attached hydrogen (secondary N) is 1. The summed E-state index contributed by atoms with van der Waals surface area (Å²) in [6.07, 6.45) is 1.02. The molecule has 0 saturated heterocycles. The molecule has 0 spiro atoms. The molecule has 1 atom stereocenters. The highest BCUT2D eigenvalue weighted by Gasteiger charge is 2.22. The third kappa shape index (κ3) is 3.30. The van der Waals surface area contributed by atoms with Gasteiger partial charge >= 0.3 is 0 Å². The van der Waals surface area contributed by atoms with E-state index in [2.05, 4.69) is 48.1 Å². The molecule has 20 heavy (non-hydrogen) atoms. The third-order valence-electron chi connectivity index (χ3n) is 3.28. The van der Waals surface area contributed by atoms with E-state index in [1.54, 1.807) is 17.4 Å². The molecule has 1 heterocycles. The summed E-state index contributed by atoms with van der Waals surface area (Å²) in [7, 11) is 0. The van der Waals surface area contributed by atoms with Crippen molar-refractivity contribution in [3.8, 4) is 0 Å². The van der Waals surface area contributed by atoms with Gasteiger partial charge in [-0.2, -0.15) is 0 Å². The maximum Gasteiger partial charge on any atom is 0.129 e. The Morgan fingerprint density at radius 1 is 1.35 bits per heavy atom. The monoisotopic (exact) mass is 355 g/mol. The lowest BCUT2D eigenvalue weighted by atomic mass is 9.98. The normalized spacial score (nSPS) is 12.7. The van der Waals surface area contributed by atoms with Gasteiger partial charge in [-0.15, -0.1) is 11.3 Å². The van der Waals surface area contributed by atoms with Gasteiger partial charge in [-0.25, -0.2) is 4.39 Å². The van der Waals surface area contributed by atoms with Crippen LogP contribution in [0.25, 0.3) is 0 Å². The molecule has 1 N–H and O–H groups in total. The zero-order chi connectivity index (χ0) is 14.7. The average Bonchev–Trinajstić information content (AvgIpc) is 2.72. The number of hydrogen-bond donors (Lipinski definition) is 1. The second kappa shape index (κ2) is 6.83. The van der Waals surface area contributed by atoms with E-state index in [0.29, 0.717) is 5.56 Å². The molecular formula is C16H19BrFNS. The molecule has 1 nitrogen and oxygen atoms in total. The van der Waals surface area contributed by atoms with Crippen molar-refractivity contribution in [3.63, 3.8) is 0 Å². The van der Waals surface area contributed by atoms with Crippen molar-refractivity contribution in [3.05, 3.63) is 55.4 Å². The van der Waals surface area contributed by atoms with Crippen LogP contribution in [-0.4, -0.2) is 6.54 Å². The van der Waals surface area contributed by atoms with Crippen LogP contribution >= 0.6 is 27.3 Å². The number of thiophene rings is 1. The quantitative estimate of drug-likeness (QED) is 0.761. The van der Waals surface area contributed by atoms with Crippen molar-refractivity contribution in [2.24, 2.45) is 0 Å². The molecule has 0 aliphatic heterocycles. The zero-order valence-electron chi connectivity index (χ0n) is 12.0. The predicted molar refractivity (Wildman–Crippen MR) is 88.0 cm³/mol. The van der Waals surface area contributed by atoms with Crippen molar-refractivity contribution >= 4 is 27.3 Å². The van der Waals surface area contributed by atoms with E-state index in [4.69, 9.17) is 0 Å². The van der Waals surface area contributed by atoms with Crippen LogP contribution in [0.5, 0.6) is 0 Å². The highest BCUT2D eigenvalue weighted by atomic mass is 79.9. The lowest BCUT2D eigenvalue weighted by Crippen LogP contribution is -2.24. The summed E-state index contributed by atoms with van der Waals surface area (Å²) >= 11 is 5.25. The zero-order valence-corrected chi connectivity index (χ0v) is 14.4. The smallest absolute Gasteiger partial charge is 0.129 e. The van der Waals surface area contributed by atoms with Crippen LogP contribution in [0.15, 0.2) is 28.7 Å². The second-order valence-electron chi connectivity index (χ2n) is 4.89. The summed E-state index contributed by atoms with van der Waals surface area (Å²) in [4.78, 5) is 2.50. The molecule has 0 aliphatic carbocycles. The van der Waals surface area contributed by atoms with Gasteiger partial charge in [0.2, 0.25) is 0 Å². The first-order valence-electron chi connectivity index (χ1n) is 6.78. The molecule has 0 saturated carbocycles. The van der Waals surface area contributed by atoms with Gasteiger partial charge in [0, 0.05) is 19.8 Å². The largest absolute Gasteiger partial charge is 0.306 e. The fourth-order valence-corrected chi connectivity index (χ4v) is 3.91. The maximum atomic E-state index is 14.3. The molecule has 2 rings (SSSR count). The van der Waals surface area contributed by atoms with Gasteiger partial charge in [0.25, 0.3) is 0 Å². The van der Waals surface area contributed by atoms with Crippen molar-refractivity contribution in [2.75, 3.05) is 6.54 Å². The summed E-state index contributed by atoms with van der Waals surface area (Å²) in [5.41, 5.74) is 1.87. The summed E-state index contributed by atoms with van der Waals surface area (Å²) in [6, 6.07) is 7.20. The molecule has 1 unspecified atom stereocenters. The molecule has 0 fully saturated rings. The van der Waals surface area contributed by atoms with Crippen LogP contribution in [0.3, 0.4) is 0 Å². The van der Waals surface area contributed by atoms with E-state index >= 15 is 0 Å². The molecule has 0 bridgehead atoms. The van der Waals surface area contributed by atoms with E-state index in [-0.39, 0.29) is 11.9 Å². The van der Waals surface area contributed by atoms with Crippen LogP contribution in [0, 0.1) is 19.7 Å². The summed E-state index contributed by atoms with van der Waals surface area (Å²) < 4.78 is 15.1. The van der Waals surface area contributed by atoms with Gasteiger partial charge in [0.05, 0.1) is 6.04 Å². The molecule has 0 aliphatic rings. The van der Waals surface area contributed by atoms with Crippen LogP contribution in [-0.2, 0) is 0 Å².